The SMILES string of the molecule is CC(C)C(Br)C(=O)N1CCCC(NS(C)(=O)=O)C1. The highest BCUT2D eigenvalue weighted by atomic mass is 79.9. The molecule has 1 N–H and O–H groups in total. The van der Waals surface area contributed by atoms with E-state index in [9.17, 15) is 13.2 Å². The molecule has 1 aliphatic rings. The molecule has 106 valence electrons. The van der Waals surface area contributed by atoms with E-state index in [2.05, 4.69) is 20.7 Å². The van der Waals surface area contributed by atoms with E-state index in [1.165, 1.54) is 0 Å². The molecule has 0 saturated carbocycles. The Balaban J connectivity index is 2.61. The first-order valence-corrected chi connectivity index (χ1v) is 8.91. The lowest BCUT2D eigenvalue weighted by Crippen LogP contribution is -2.51. The van der Waals surface area contributed by atoms with Crippen molar-refractivity contribution in [3.8, 4) is 0 Å². The second-order valence-electron chi connectivity index (χ2n) is 5.16. The van der Waals surface area contributed by atoms with Crippen molar-refractivity contribution in [3.63, 3.8) is 0 Å². The zero-order valence-corrected chi connectivity index (χ0v) is 13.4. The first-order chi connectivity index (χ1) is 8.20. The summed E-state index contributed by atoms with van der Waals surface area (Å²) in [7, 11) is -3.21. The quantitative estimate of drug-likeness (QED) is 0.774. The minimum absolute atomic E-state index is 0.0463. The lowest BCUT2D eigenvalue weighted by atomic mass is 10.0. The Labute approximate surface area is 117 Å². The highest BCUT2D eigenvalue weighted by Crippen LogP contribution is 2.19. The molecule has 0 aromatic carbocycles. The largest absolute Gasteiger partial charge is 0.340 e. The van der Waals surface area contributed by atoms with Gasteiger partial charge in [-0.25, -0.2) is 13.1 Å². The van der Waals surface area contributed by atoms with Gasteiger partial charge in [0, 0.05) is 19.1 Å². The van der Waals surface area contributed by atoms with Gasteiger partial charge in [0.1, 0.15) is 0 Å². The molecule has 1 aliphatic heterocycles. The predicted molar refractivity (Wildman–Crippen MR) is 75.1 cm³/mol. The molecule has 2 unspecified atom stereocenters. The third-order valence-electron chi connectivity index (χ3n) is 2.94. The van der Waals surface area contributed by atoms with Crippen molar-refractivity contribution >= 4 is 31.9 Å². The minimum atomic E-state index is -3.21. The predicted octanol–water partition coefficient (Wildman–Crippen LogP) is 0.946. The van der Waals surface area contributed by atoms with Crippen LogP contribution in [0.1, 0.15) is 26.7 Å². The standard InChI is InChI=1S/C11H21BrN2O3S/c1-8(2)10(12)11(15)14-6-4-5-9(7-14)13-18(3,16)17/h8-10,13H,4-7H2,1-3H3. The van der Waals surface area contributed by atoms with Gasteiger partial charge in [0.15, 0.2) is 0 Å². The van der Waals surface area contributed by atoms with Gasteiger partial charge in [-0.05, 0) is 18.8 Å². The molecule has 1 rings (SSSR count). The molecule has 18 heavy (non-hydrogen) atoms. The number of sulfonamides is 1. The second-order valence-corrected chi connectivity index (χ2v) is 7.93. The number of nitrogens with zero attached hydrogens (tertiary/aromatic N) is 1. The minimum Gasteiger partial charge on any atom is -0.340 e. The summed E-state index contributed by atoms with van der Waals surface area (Å²) in [6.45, 7) is 5.12. The maximum Gasteiger partial charge on any atom is 0.236 e. The van der Waals surface area contributed by atoms with Crippen LogP contribution < -0.4 is 4.72 Å². The zero-order chi connectivity index (χ0) is 13.9. The molecular weight excluding hydrogens is 320 g/mol. The summed E-state index contributed by atoms with van der Waals surface area (Å²) in [5, 5.41) is 0. The number of likely N-dealkylation sites (tertiary alicyclic amines) is 1. The Hall–Kier alpha value is -0.140. The van der Waals surface area contributed by atoms with Gasteiger partial charge in [-0.2, -0.15) is 0 Å². The summed E-state index contributed by atoms with van der Waals surface area (Å²) in [4.78, 5) is 13.7. The number of hydrogen-bond donors (Lipinski definition) is 1. The van der Waals surface area contributed by atoms with Crippen LogP contribution in [-0.4, -0.2) is 49.4 Å². The molecule has 0 bridgehead atoms. The van der Waals surface area contributed by atoms with Crippen LogP contribution in [0.2, 0.25) is 0 Å². The molecule has 0 aliphatic carbocycles. The van der Waals surface area contributed by atoms with Crippen molar-refractivity contribution < 1.29 is 13.2 Å². The van der Waals surface area contributed by atoms with Gasteiger partial charge >= 0.3 is 0 Å². The number of rotatable bonds is 4. The Bertz CT molecular complexity index is 397. The number of alkyl halides is 1. The van der Waals surface area contributed by atoms with E-state index in [1.807, 2.05) is 13.8 Å². The Morgan fingerprint density at radius 1 is 1.44 bits per heavy atom. The van der Waals surface area contributed by atoms with Gasteiger partial charge in [-0.15, -0.1) is 0 Å². The van der Waals surface area contributed by atoms with E-state index in [-0.39, 0.29) is 22.7 Å². The van der Waals surface area contributed by atoms with E-state index in [0.717, 1.165) is 19.1 Å². The van der Waals surface area contributed by atoms with Crippen LogP contribution in [0.25, 0.3) is 0 Å². The monoisotopic (exact) mass is 340 g/mol. The van der Waals surface area contributed by atoms with Gasteiger partial charge in [0.25, 0.3) is 0 Å². The fourth-order valence-electron chi connectivity index (χ4n) is 2.04. The van der Waals surface area contributed by atoms with Crippen molar-refractivity contribution in [2.75, 3.05) is 19.3 Å². The van der Waals surface area contributed by atoms with E-state index in [0.29, 0.717) is 13.1 Å². The number of carbonyl (C=O) groups is 1. The molecular formula is C11H21BrN2O3S. The van der Waals surface area contributed by atoms with E-state index in [1.54, 1.807) is 4.90 Å². The first kappa shape index (κ1) is 15.9. The van der Waals surface area contributed by atoms with Crippen molar-refractivity contribution in [2.24, 2.45) is 5.92 Å². The third-order valence-corrected chi connectivity index (χ3v) is 5.15. The van der Waals surface area contributed by atoms with E-state index in [4.69, 9.17) is 0 Å². The number of halogens is 1. The van der Waals surface area contributed by atoms with Crippen LogP contribution in [0.5, 0.6) is 0 Å². The Morgan fingerprint density at radius 2 is 2.06 bits per heavy atom. The van der Waals surface area contributed by atoms with Gasteiger partial charge in [-0.3, -0.25) is 4.79 Å². The highest BCUT2D eigenvalue weighted by molar-refractivity contribution is 9.10. The highest BCUT2D eigenvalue weighted by Gasteiger charge is 2.29. The molecule has 1 saturated heterocycles. The molecule has 0 spiro atoms. The molecule has 0 radical (unpaired) electrons. The average Bonchev–Trinajstić information content (AvgIpc) is 2.25. The summed E-state index contributed by atoms with van der Waals surface area (Å²) in [6.07, 6.45) is 2.76. The van der Waals surface area contributed by atoms with Gasteiger partial charge < -0.3 is 4.90 Å². The van der Waals surface area contributed by atoms with Crippen LogP contribution in [0, 0.1) is 5.92 Å². The lowest BCUT2D eigenvalue weighted by Gasteiger charge is -2.34. The number of hydrogen-bond acceptors (Lipinski definition) is 3. The van der Waals surface area contributed by atoms with Crippen molar-refractivity contribution in [1.82, 2.24) is 9.62 Å². The Morgan fingerprint density at radius 3 is 2.56 bits per heavy atom. The van der Waals surface area contributed by atoms with E-state index >= 15 is 0 Å². The summed E-state index contributed by atoms with van der Waals surface area (Å²) in [5.74, 6) is 0.269. The summed E-state index contributed by atoms with van der Waals surface area (Å²) in [6, 6.07) is -0.162. The number of piperidine rings is 1. The van der Waals surface area contributed by atoms with Gasteiger partial charge in [-0.1, -0.05) is 29.8 Å². The molecule has 2 atom stereocenters. The van der Waals surface area contributed by atoms with Gasteiger partial charge in [0.2, 0.25) is 15.9 Å². The molecule has 0 aromatic rings. The number of nitrogens with one attached hydrogen (secondary N) is 1. The molecule has 7 heteroatoms. The number of amides is 1. The molecule has 1 amide bonds. The Kier molecular flexibility index (Phi) is 5.61. The summed E-state index contributed by atoms with van der Waals surface area (Å²) in [5.41, 5.74) is 0. The maximum atomic E-state index is 12.2. The van der Waals surface area contributed by atoms with E-state index < -0.39 is 10.0 Å². The topological polar surface area (TPSA) is 66.5 Å². The maximum absolute atomic E-state index is 12.2. The third kappa shape index (κ3) is 4.85. The molecule has 1 fully saturated rings. The van der Waals surface area contributed by atoms with Crippen molar-refractivity contribution in [1.29, 1.82) is 0 Å². The molecule has 5 nitrogen and oxygen atoms in total. The average molecular weight is 341 g/mol. The molecule has 0 aromatic heterocycles. The van der Waals surface area contributed by atoms with Crippen LogP contribution in [0.4, 0.5) is 0 Å². The normalized spacial score (nSPS) is 23.2. The zero-order valence-electron chi connectivity index (χ0n) is 11.0. The molecule has 1 heterocycles. The van der Waals surface area contributed by atoms with Crippen LogP contribution in [-0.2, 0) is 14.8 Å². The summed E-state index contributed by atoms with van der Waals surface area (Å²) >= 11 is 3.39. The van der Waals surface area contributed by atoms with Crippen molar-refractivity contribution in [3.05, 3.63) is 0 Å². The first-order valence-electron chi connectivity index (χ1n) is 6.11. The number of carbonyl (C=O) groups excluding carboxylic acids is 1. The lowest BCUT2D eigenvalue weighted by molar-refractivity contribution is -0.132. The smallest absolute Gasteiger partial charge is 0.236 e. The fourth-order valence-corrected chi connectivity index (χ4v) is 3.12. The fraction of sp³-hybridized carbons (Fsp3) is 0.909. The van der Waals surface area contributed by atoms with Gasteiger partial charge in [0.05, 0.1) is 11.1 Å². The van der Waals surface area contributed by atoms with Crippen LogP contribution in [0.3, 0.4) is 0 Å². The second kappa shape index (κ2) is 6.34. The summed E-state index contributed by atoms with van der Waals surface area (Å²) < 4.78 is 25.0. The van der Waals surface area contributed by atoms with Crippen LogP contribution >= 0.6 is 15.9 Å². The van der Waals surface area contributed by atoms with Crippen molar-refractivity contribution in [2.45, 2.75) is 37.6 Å². The van der Waals surface area contributed by atoms with Crippen LogP contribution in [0.15, 0.2) is 0 Å².